The van der Waals surface area contributed by atoms with Gasteiger partial charge in [-0.1, -0.05) is 20.8 Å². The number of carbonyl (C=O) groups excluding carboxylic acids is 1. The van der Waals surface area contributed by atoms with Crippen molar-refractivity contribution in [1.29, 1.82) is 0 Å². The van der Waals surface area contributed by atoms with E-state index in [1.165, 1.54) is 0 Å². The predicted molar refractivity (Wildman–Crippen MR) is 75.9 cm³/mol. The summed E-state index contributed by atoms with van der Waals surface area (Å²) in [6, 6.07) is 1.56. The highest BCUT2D eigenvalue weighted by atomic mass is 79.9. The Kier molecular flexibility index (Phi) is 4.75. The Morgan fingerprint density at radius 3 is 2.59 bits per heavy atom. The third-order valence-electron chi connectivity index (χ3n) is 2.59. The molecule has 0 saturated carbocycles. The molecule has 3 nitrogen and oxygen atoms in total. The van der Waals surface area contributed by atoms with Gasteiger partial charge >= 0.3 is 0 Å². The van der Waals surface area contributed by atoms with Crippen LogP contribution in [0.25, 0.3) is 0 Å². The summed E-state index contributed by atoms with van der Waals surface area (Å²) in [6.07, 6.45) is 0. The second kappa shape index (κ2) is 5.50. The summed E-state index contributed by atoms with van der Waals surface area (Å²) < 4.78 is 1.05. The lowest BCUT2D eigenvalue weighted by atomic mass is 9.86. The minimum atomic E-state index is -0.462. The fraction of sp³-hybridized carbons (Fsp3) is 0.583. The van der Waals surface area contributed by atoms with Gasteiger partial charge in [0.2, 0.25) is 5.91 Å². The van der Waals surface area contributed by atoms with Gasteiger partial charge in [-0.25, -0.2) is 0 Å². The van der Waals surface area contributed by atoms with Gasteiger partial charge in [-0.2, -0.15) is 0 Å². The number of thiophene rings is 1. The molecule has 1 amide bonds. The van der Waals surface area contributed by atoms with Gasteiger partial charge in [0, 0.05) is 21.8 Å². The molecule has 1 aromatic heterocycles. The van der Waals surface area contributed by atoms with Gasteiger partial charge in [-0.05, 0) is 27.4 Å². The molecule has 0 fully saturated rings. The molecule has 2 N–H and O–H groups in total. The molecule has 0 radical (unpaired) electrons. The smallest absolute Gasteiger partial charge is 0.240 e. The number of carbonyl (C=O) groups is 1. The van der Waals surface area contributed by atoms with Gasteiger partial charge in [0.25, 0.3) is 0 Å². The van der Waals surface area contributed by atoms with Crippen molar-refractivity contribution in [2.24, 2.45) is 11.1 Å². The summed E-state index contributed by atoms with van der Waals surface area (Å²) in [5.74, 6) is -0.0120. The van der Waals surface area contributed by atoms with E-state index < -0.39 is 6.04 Å². The third kappa shape index (κ3) is 4.08. The van der Waals surface area contributed by atoms with E-state index in [4.69, 9.17) is 5.73 Å². The summed E-state index contributed by atoms with van der Waals surface area (Å²) in [5.41, 5.74) is 5.75. The van der Waals surface area contributed by atoms with Crippen molar-refractivity contribution in [3.05, 3.63) is 20.8 Å². The van der Waals surface area contributed by atoms with Crippen LogP contribution in [-0.4, -0.2) is 23.9 Å². The van der Waals surface area contributed by atoms with Gasteiger partial charge in [0.1, 0.15) is 0 Å². The predicted octanol–water partition coefficient (Wildman–Crippen LogP) is 2.84. The number of halogens is 1. The molecule has 0 bridgehead atoms. The van der Waals surface area contributed by atoms with Crippen LogP contribution in [0, 0.1) is 5.41 Å². The number of amides is 1. The van der Waals surface area contributed by atoms with Gasteiger partial charge in [-0.15, -0.1) is 11.3 Å². The second-order valence-electron chi connectivity index (χ2n) is 5.27. The summed E-state index contributed by atoms with van der Waals surface area (Å²) >= 11 is 5.03. The number of nitrogens with two attached hydrogens (primary N) is 1. The third-order valence-corrected chi connectivity index (χ3v) is 4.27. The molecule has 0 saturated heterocycles. The SMILES string of the molecule is CN(Cc1cc(Br)cs1)C(=O)C(N)C(C)(C)C. The van der Waals surface area contributed by atoms with Crippen LogP contribution >= 0.6 is 27.3 Å². The number of nitrogens with zero attached hydrogens (tertiary/aromatic N) is 1. The summed E-state index contributed by atoms with van der Waals surface area (Å²) in [5, 5.41) is 2.01. The number of rotatable bonds is 3. The molecule has 1 unspecified atom stereocenters. The average molecular weight is 319 g/mol. The van der Waals surface area contributed by atoms with Crippen molar-refractivity contribution in [3.8, 4) is 0 Å². The molecule has 1 aromatic rings. The van der Waals surface area contributed by atoms with Gasteiger partial charge in [0.15, 0.2) is 0 Å². The summed E-state index contributed by atoms with van der Waals surface area (Å²) in [7, 11) is 1.79. The van der Waals surface area contributed by atoms with Crippen LogP contribution in [0.3, 0.4) is 0 Å². The first-order valence-electron chi connectivity index (χ1n) is 5.45. The first kappa shape index (κ1) is 14.7. The van der Waals surface area contributed by atoms with Crippen molar-refractivity contribution in [2.75, 3.05) is 7.05 Å². The standard InChI is InChI=1S/C12H19BrN2OS/c1-12(2,3)10(14)11(16)15(4)6-9-5-8(13)7-17-9/h5,7,10H,6,14H2,1-4H3. The highest BCUT2D eigenvalue weighted by Crippen LogP contribution is 2.23. The monoisotopic (exact) mass is 318 g/mol. The summed E-state index contributed by atoms with van der Waals surface area (Å²) in [4.78, 5) is 14.9. The molecule has 5 heteroatoms. The number of hydrogen-bond acceptors (Lipinski definition) is 3. The van der Waals surface area contributed by atoms with Crippen molar-refractivity contribution >= 4 is 33.2 Å². The Morgan fingerprint density at radius 2 is 2.18 bits per heavy atom. The Hall–Kier alpha value is -0.390. The van der Waals surface area contributed by atoms with Crippen LogP contribution in [0.15, 0.2) is 15.9 Å². The summed E-state index contributed by atoms with van der Waals surface area (Å²) in [6.45, 7) is 6.54. The van der Waals surface area contributed by atoms with Gasteiger partial charge in [-0.3, -0.25) is 4.79 Å². The Morgan fingerprint density at radius 1 is 1.59 bits per heavy atom. The quantitative estimate of drug-likeness (QED) is 0.931. The van der Waals surface area contributed by atoms with Gasteiger partial charge in [0.05, 0.1) is 12.6 Å². The van der Waals surface area contributed by atoms with E-state index in [0.717, 1.165) is 9.35 Å². The largest absolute Gasteiger partial charge is 0.339 e. The Balaban J connectivity index is 2.65. The fourth-order valence-electron chi connectivity index (χ4n) is 1.36. The first-order chi connectivity index (χ1) is 7.71. The molecule has 0 aromatic carbocycles. The van der Waals surface area contributed by atoms with E-state index >= 15 is 0 Å². The van der Waals surface area contributed by atoms with Crippen molar-refractivity contribution < 1.29 is 4.79 Å². The zero-order valence-electron chi connectivity index (χ0n) is 10.7. The zero-order valence-corrected chi connectivity index (χ0v) is 13.1. The normalized spacial score (nSPS) is 13.5. The maximum atomic E-state index is 12.1. The Bertz CT molecular complexity index is 397. The lowest BCUT2D eigenvalue weighted by Gasteiger charge is -2.29. The van der Waals surface area contributed by atoms with E-state index in [1.807, 2.05) is 32.2 Å². The molecule has 1 rings (SSSR count). The lowest BCUT2D eigenvalue weighted by molar-refractivity contribution is -0.134. The van der Waals surface area contributed by atoms with E-state index in [9.17, 15) is 4.79 Å². The van der Waals surface area contributed by atoms with Crippen LogP contribution in [0.5, 0.6) is 0 Å². The van der Waals surface area contributed by atoms with Crippen molar-refractivity contribution in [3.63, 3.8) is 0 Å². The van der Waals surface area contributed by atoms with E-state index in [1.54, 1.807) is 23.3 Å². The maximum Gasteiger partial charge on any atom is 0.240 e. The minimum absolute atomic E-state index is 0.0120. The average Bonchev–Trinajstić information content (AvgIpc) is 2.60. The number of likely N-dealkylation sites (N-methyl/N-ethyl adjacent to an activating group) is 1. The molecule has 17 heavy (non-hydrogen) atoms. The van der Waals surface area contributed by atoms with Crippen molar-refractivity contribution in [1.82, 2.24) is 4.90 Å². The topological polar surface area (TPSA) is 46.3 Å². The van der Waals surface area contributed by atoms with E-state index in [-0.39, 0.29) is 11.3 Å². The molecular weight excluding hydrogens is 300 g/mol. The molecular formula is C12H19BrN2OS. The molecule has 96 valence electrons. The van der Waals surface area contributed by atoms with Crippen LogP contribution in [0.2, 0.25) is 0 Å². The molecule has 0 aliphatic carbocycles. The highest BCUT2D eigenvalue weighted by molar-refractivity contribution is 9.10. The second-order valence-corrected chi connectivity index (χ2v) is 7.18. The Labute approximate surface area is 115 Å². The van der Waals surface area contributed by atoms with E-state index in [0.29, 0.717) is 6.54 Å². The van der Waals surface area contributed by atoms with Crippen LogP contribution in [0.4, 0.5) is 0 Å². The molecule has 0 aliphatic rings. The minimum Gasteiger partial charge on any atom is -0.339 e. The van der Waals surface area contributed by atoms with Crippen LogP contribution < -0.4 is 5.73 Å². The van der Waals surface area contributed by atoms with Crippen LogP contribution in [0.1, 0.15) is 25.6 Å². The van der Waals surface area contributed by atoms with Gasteiger partial charge < -0.3 is 10.6 Å². The van der Waals surface area contributed by atoms with Crippen molar-refractivity contribution in [2.45, 2.75) is 33.4 Å². The van der Waals surface area contributed by atoms with Crippen LogP contribution in [-0.2, 0) is 11.3 Å². The molecule has 0 aliphatic heterocycles. The fourth-order valence-corrected chi connectivity index (χ4v) is 2.86. The molecule has 0 spiro atoms. The first-order valence-corrected chi connectivity index (χ1v) is 7.12. The highest BCUT2D eigenvalue weighted by Gasteiger charge is 2.29. The number of hydrogen-bond donors (Lipinski definition) is 1. The lowest BCUT2D eigenvalue weighted by Crippen LogP contribution is -2.48. The maximum absolute atomic E-state index is 12.1. The van der Waals surface area contributed by atoms with E-state index in [2.05, 4.69) is 15.9 Å². The molecule has 1 heterocycles. The zero-order chi connectivity index (χ0) is 13.2. The molecule has 1 atom stereocenters.